The smallest absolute Gasteiger partial charge is 0.135 e. The minimum atomic E-state index is -0.540. The van der Waals surface area contributed by atoms with Gasteiger partial charge in [0.1, 0.15) is 11.7 Å². The van der Waals surface area contributed by atoms with Crippen molar-refractivity contribution in [3.63, 3.8) is 0 Å². The molecule has 0 radical (unpaired) electrons. The largest absolute Gasteiger partial charge is 0.210 e. The lowest BCUT2D eigenvalue weighted by atomic mass is 10.2. The van der Waals surface area contributed by atoms with Gasteiger partial charge in [0, 0.05) is 6.42 Å². The summed E-state index contributed by atoms with van der Waals surface area (Å²) in [5.41, 5.74) is 0. The van der Waals surface area contributed by atoms with Gasteiger partial charge in [-0.2, -0.15) is 0 Å². The van der Waals surface area contributed by atoms with Gasteiger partial charge in [0.2, 0.25) is 0 Å². The highest BCUT2D eigenvalue weighted by atomic mass is 32.1. The Morgan fingerprint density at radius 1 is 1.38 bits per heavy atom. The number of rotatable bonds is 0. The van der Waals surface area contributed by atoms with E-state index in [0.29, 0.717) is 6.42 Å². The molecule has 0 aromatic rings. The molecule has 1 aliphatic carbocycles. The van der Waals surface area contributed by atoms with Crippen molar-refractivity contribution in [2.24, 2.45) is 5.92 Å². The van der Waals surface area contributed by atoms with Crippen molar-refractivity contribution in [2.45, 2.75) is 40.5 Å². The molecule has 0 saturated heterocycles. The van der Waals surface area contributed by atoms with E-state index >= 15 is 0 Å². The van der Waals surface area contributed by atoms with Crippen LogP contribution < -0.4 is 0 Å². The van der Waals surface area contributed by atoms with Gasteiger partial charge < -0.3 is 0 Å². The lowest BCUT2D eigenvalue weighted by molar-refractivity contribution is 0.555. The molecule has 1 aliphatic rings. The number of allylic oxidation sites excluding steroid dienone is 4. The predicted octanol–water partition coefficient (Wildman–Crippen LogP) is 5.60. The number of thiol groups is 1. The Bertz CT molecular complexity index is 250. The van der Waals surface area contributed by atoms with Crippen LogP contribution in [0, 0.1) is 5.92 Å². The monoisotopic (exact) mass is 248 g/mol. The first kappa shape index (κ1) is 17.8. The maximum absolute atomic E-state index is 12.3. The summed E-state index contributed by atoms with van der Waals surface area (Å²) in [7, 11) is 0. The molecule has 0 spiro atoms. The molecule has 3 heteroatoms. The lowest BCUT2D eigenvalue weighted by Gasteiger charge is -2.04. The van der Waals surface area contributed by atoms with Gasteiger partial charge in [-0.25, -0.2) is 8.78 Å². The summed E-state index contributed by atoms with van der Waals surface area (Å²) in [6.07, 6.45) is 3.82. The third-order valence-electron chi connectivity index (χ3n) is 1.17. The van der Waals surface area contributed by atoms with Gasteiger partial charge in [0.25, 0.3) is 0 Å². The fourth-order valence-corrected chi connectivity index (χ4v) is 0.873. The summed E-state index contributed by atoms with van der Waals surface area (Å²) in [4.78, 5) is -0.138. The van der Waals surface area contributed by atoms with E-state index in [0.717, 1.165) is 5.92 Å². The highest BCUT2D eigenvalue weighted by Crippen LogP contribution is 2.28. The van der Waals surface area contributed by atoms with Gasteiger partial charge in [-0.1, -0.05) is 26.8 Å². The molecular weight excluding hydrogens is 226 g/mol. The van der Waals surface area contributed by atoms with Crippen molar-refractivity contribution < 1.29 is 8.78 Å². The van der Waals surface area contributed by atoms with Gasteiger partial charge in [0.05, 0.1) is 4.91 Å². The summed E-state index contributed by atoms with van der Waals surface area (Å²) in [6.45, 7) is 11.7. The van der Waals surface area contributed by atoms with Crippen LogP contribution in [-0.2, 0) is 0 Å². The topological polar surface area (TPSA) is 0 Å². The molecule has 0 unspecified atom stereocenters. The quantitative estimate of drug-likeness (QED) is 0.418. The predicted molar refractivity (Wildman–Crippen MR) is 71.9 cm³/mol. The molecule has 0 N–H and O–H groups in total. The molecule has 0 aromatic carbocycles. The highest BCUT2D eigenvalue weighted by Gasteiger charge is 2.11. The van der Waals surface area contributed by atoms with E-state index < -0.39 is 11.7 Å². The molecule has 94 valence electrons. The minimum absolute atomic E-state index is 0.138. The average molecular weight is 248 g/mol. The van der Waals surface area contributed by atoms with Gasteiger partial charge in [-0.3, -0.25) is 0 Å². The van der Waals surface area contributed by atoms with Crippen LogP contribution in [0.1, 0.15) is 40.5 Å². The van der Waals surface area contributed by atoms with Crippen LogP contribution in [0.5, 0.6) is 0 Å². The molecule has 0 saturated carbocycles. The molecule has 0 aromatic heterocycles. The molecule has 0 heterocycles. The zero-order chi connectivity index (χ0) is 13.1. The van der Waals surface area contributed by atoms with Crippen molar-refractivity contribution >= 4 is 12.6 Å². The van der Waals surface area contributed by atoms with Crippen LogP contribution in [0.25, 0.3) is 0 Å². The Morgan fingerprint density at radius 3 is 2.00 bits per heavy atom. The first-order valence-corrected chi connectivity index (χ1v) is 5.82. The second-order valence-electron chi connectivity index (χ2n) is 3.98. The van der Waals surface area contributed by atoms with Gasteiger partial charge in [0.15, 0.2) is 0 Å². The first-order valence-electron chi connectivity index (χ1n) is 5.37. The molecule has 16 heavy (non-hydrogen) atoms. The van der Waals surface area contributed by atoms with Crippen LogP contribution in [0.4, 0.5) is 8.78 Å². The Labute approximate surface area is 104 Å². The maximum Gasteiger partial charge on any atom is 0.135 e. The minimum Gasteiger partial charge on any atom is -0.210 e. The van der Waals surface area contributed by atoms with Crippen LogP contribution >= 0.6 is 12.6 Å². The van der Waals surface area contributed by atoms with Crippen molar-refractivity contribution in [3.8, 4) is 0 Å². The fourth-order valence-electron chi connectivity index (χ4n) is 0.670. The Balaban J connectivity index is 0. The first-order chi connectivity index (χ1) is 7.36. The van der Waals surface area contributed by atoms with Crippen molar-refractivity contribution in [2.75, 3.05) is 0 Å². The SMILES string of the molecule is C=CC.CC(C)C.FC1=CCCC(F)=C1S. The van der Waals surface area contributed by atoms with Crippen LogP contribution in [0.15, 0.2) is 35.3 Å². The molecular formula is C13H22F2S. The molecule has 0 aliphatic heterocycles. The van der Waals surface area contributed by atoms with E-state index in [9.17, 15) is 8.78 Å². The normalized spacial score (nSPS) is 14.4. The van der Waals surface area contributed by atoms with Crippen molar-refractivity contribution in [1.29, 1.82) is 0 Å². The maximum atomic E-state index is 12.3. The Hall–Kier alpha value is -0.570. The van der Waals surface area contributed by atoms with Gasteiger partial charge in [-0.15, -0.1) is 19.2 Å². The van der Waals surface area contributed by atoms with E-state index in [1.54, 1.807) is 6.08 Å². The second kappa shape index (κ2) is 10.9. The zero-order valence-electron chi connectivity index (χ0n) is 10.6. The molecule has 0 fully saturated rings. The summed E-state index contributed by atoms with van der Waals surface area (Å²) in [6, 6.07) is 0. The molecule has 0 nitrogen and oxygen atoms in total. The number of hydrogen-bond acceptors (Lipinski definition) is 1. The summed E-state index contributed by atoms with van der Waals surface area (Å²) >= 11 is 3.61. The fraction of sp³-hybridized carbons (Fsp3) is 0.538. The number of hydrogen-bond donors (Lipinski definition) is 1. The van der Waals surface area contributed by atoms with E-state index in [-0.39, 0.29) is 11.3 Å². The summed E-state index contributed by atoms with van der Waals surface area (Å²) in [5, 5.41) is 0. The zero-order valence-corrected chi connectivity index (χ0v) is 11.5. The third kappa shape index (κ3) is 11.5. The van der Waals surface area contributed by atoms with E-state index in [1.807, 2.05) is 6.92 Å². The molecule has 1 rings (SSSR count). The van der Waals surface area contributed by atoms with Crippen LogP contribution in [-0.4, -0.2) is 0 Å². The van der Waals surface area contributed by atoms with Gasteiger partial charge >= 0.3 is 0 Å². The summed E-state index contributed by atoms with van der Waals surface area (Å²) < 4.78 is 24.7. The molecule has 0 atom stereocenters. The standard InChI is InChI=1S/C6H6F2S.C4H10.C3H6/c7-4-2-1-3-5(8)6(4)9;1-4(2)3;1-3-2/h2,9H,1,3H2;4H,1-3H3;3H,1H2,2H3. The molecule has 0 amide bonds. The van der Waals surface area contributed by atoms with E-state index in [2.05, 4.69) is 40.0 Å². The Kier molecular flexibility index (Phi) is 12.2. The van der Waals surface area contributed by atoms with Crippen LogP contribution in [0.2, 0.25) is 0 Å². The second-order valence-corrected chi connectivity index (χ2v) is 4.43. The Morgan fingerprint density at radius 2 is 1.75 bits per heavy atom. The highest BCUT2D eigenvalue weighted by molar-refractivity contribution is 7.84. The number of halogens is 2. The molecule has 0 bridgehead atoms. The van der Waals surface area contributed by atoms with Gasteiger partial charge in [-0.05, 0) is 25.3 Å². The van der Waals surface area contributed by atoms with Crippen LogP contribution in [0.3, 0.4) is 0 Å². The van der Waals surface area contributed by atoms with E-state index in [1.165, 1.54) is 6.08 Å². The summed E-state index contributed by atoms with van der Waals surface area (Å²) in [5.74, 6) is -0.152. The van der Waals surface area contributed by atoms with E-state index in [4.69, 9.17) is 0 Å². The third-order valence-corrected chi connectivity index (χ3v) is 1.63. The van der Waals surface area contributed by atoms with Crippen molar-refractivity contribution in [3.05, 3.63) is 35.3 Å². The average Bonchev–Trinajstić information content (AvgIpc) is 2.14. The van der Waals surface area contributed by atoms with Crippen molar-refractivity contribution in [1.82, 2.24) is 0 Å². The lowest BCUT2D eigenvalue weighted by Crippen LogP contribution is -1.88.